The van der Waals surface area contributed by atoms with E-state index in [1.54, 1.807) is 6.92 Å². The normalized spacial score (nSPS) is 31.1. The van der Waals surface area contributed by atoms with Gasteiger partial charge in [-0.2, -0.15) is 0 Å². The van der Waals surface area contributed by atoms with Crippen LogP contribution in [-0.2, 0) is 4.79 Å². The molecule has 1 aliphatic heterocycles. The standard InChI is InChI=1S/C20H24ClF2N3O2/c1-20(18(27)25-6-7-26(20)19(24)28)15(12-8-11(9-12)10-2-3-10)13-4-5-14(22)16(21)17(13)23/h4-5,10-12,15H,2-3,6-9H2,1H3,(H2,24,28)(H,25,27)/t11?,12?,15-,20?/m1/s1. The molecule has 2 aliphatic carbocycles. The molecule has 1 aromatic rings. The molecule has 3 fully saturated rings. The molecule has 1 aromatic carbocycles. The summed E-state index contributed by atoms with van der Waals surface area (Å²) in [4.78, 5) is 26.5. The molecule has 0 spiro atoms. The molecule has 3 amide bonds. The third-order valence-corrected chi connectivity index (χ3v) is 7.23. The van der Waals surface area contributed by atoms with Crippen LogP contribution >= 0.6 is 11.6 Å². The van der Waals surface area contributed by atoms with Crippen LogP contribution in [0.3, 0.4) is 0 Å². The second-order valence-corrected chi connectivity index (χ2v) is 8.84. The summed E-state index contributed by atoms with van der Waals surface area (Å²) in [6, 6.07) is 1.73. The largest absolute Gasteiger partial charge is 0.352 e. The molecule has 3 aliphatic rings. The summed E-state index contributed by atoms with van der Waals surface area (Å²) >= 11 is 5.85. The Labute approximate surface area is 167 Å². The van der Waals surface area contributed by atoms with Gasteiger partial charge in [0, 0.05) is 19.0 Å². The van der Waals surface area contributed by atoms with Crippen LogP contribution in [0.5, 0.6) is 0 Å². The number of nitrogens with two attached hydrogens (primary N) is 1. The smallest absolute Gasteiger partial charge is 0.315 e. The zero-order valence-corrected chi connectivity index (χ0v) is 16.4. The number of nitrogens with one attached hydrogen (secondary N) is 1. The number of primary amides is 1. The van der Waals surface area contributed by atoms with E-state index in [0.29, 0.717) is 11.8 Å². The average molecular weight is 412 g/mol. The lowest BCUT2D eigenvalue weighted by Gasteiger charge is -2.53. The second kappa shape index (κ2) is 6.87. The molecule has 1 saturated heterocycles. The summed E-state index contributed by atoms with van der Waals surface area (Å²) in [7, 11) is 0. The van der Waals surface area contributed by atoms with Crippen molar-refractivity contribution < 1.29 is 18.4 Å². The minimum absolute atomic E-state index is 0.0164. The van der Waals surface area contributed by atoms with Gasteiger partial charge in [-0.25, -0.2) is 13.6 Å². The van der Waals surface area contributed by atoms with Crippen LogP contribution in [0, 0.1) is 29.4 Å². The van der Waals surface area contributed by atoms with Crippen LogP contribution in [0.15, 0.2) is 12.1 Å². The minimum atomic E-state index is -1.37. The maximum absolute atomic E-state index is 15.0. The predicted octanol–water partition coefficient (Wildman–Crippen LogP) is 3.41. The van der Waals surface area contributed by atoms with Crippen LogP contribution in [-0.4, -0.2) is 35.5 Å². The van der Waals surface area contributed by atoms with Crippen molar-refractivity contribution in [3.05, 3.63) is 34.4 Å². The topological polar surface area (TPSA) is 75.4 Å². The van der Waals surface area contributed by atoms with E-state index < -0.39 is 34.1 Å². The third kappa shape index (κ3) is 2.95. The Balaban J connectivity index is 1.79. The number of hydrogen-bond acceptors (Lipinski definition) is 2. The summed E-state index contributed by atoms with van der Waals surface area (Å²) < 4.78 is 28.8. The van der Waals surface area contributed by atoms with Gasteiger partial charge >= 0.3 is 6.03 Å². The molecular formula is C20H24ClF2N3O2. The summed E-state index contributed by atoms with van der Waals surface area (Å²) in [6.07, 6.45) is 4.12. The van der Waals surface area contributed by atoms with Crippen LogP contribution in [0.2, 0.25) is 5.02 Å². The molecule has 5 nitrogen and oxygen atoms in total. The van der Waals surface area contributed by atoms with Gasteiger partial charge in [-0.1, -0.05) is 17.7 Å². The van der Waals surface area contributed by atoms with E-state index in [1.165, 1.54) is 23.8 Å². The number of carbonyl (C=O) groups excluding carboxylic acids is 2. The van der Waals surface area contributed by atoms with Gasteiger partial charge in [-0.15, -0.1) is 0 Å². The first-order valence-corrected chi connectivity index (χ1v) is 10.1. The first kappa shape index (κ1) is 19.4. The zero-order chi connectivity index (χ0) is 20.2. The van der Waals surface area contributed by atoms with Crippen molar-refractivity contribution in [1.29, 1.82) is 0 Å². The number of hydrogen-bond donors (Lipinski definition) is 2. The Morgan fingerprint density at radius 1 is 1.32 bits per heavy atom. The summed E-state index contributed by atoms with van der Waals surface area (Å²) in [5.41, 5.74) is 4.38. The van der Waals surface area contributed by atoms with Crippen LogP contribution in [0.1, 0.15) is 44.1 Å². The van der Waals surface area contributed by atoms with Gasteiger partial charge in [0.25, 0.3) is 0 Å². The number of urea groups is 1. The number of nitrogens with zero attached hydrogens (tertiary/aromatic N) is 1. The number of carbonyl (C=O) groups is 2. The predicted molar refractivity (Wildman–Crippen MR) is 101 cm³/mol. The quantitative estimate of drug-likeness (QED) is 0.745. The van der Waals surface area contributed by atoms with E-state index in [4.69, 9.17) is 17.3 Å². The number of halogens is 3. The Morgan fingerprint density at radius 2 is 2.00 bits per heavy atom. The van der Waals surface area contributed by atoms with Gasteiger partial charge in [0.05, 0.1) is 0 Å². The van der Waals surface area contributed by atoms with E-state index in [-0.39, 0.29) is 30.5 Å². The highest BCUT2D eigenvalue weighted by Gasteiger charge is 2.57. The minimum Gasteiger partial charge on any atom is -0.352 e. The molecule has 1 heterocycles. The molecule has 0 radical (unpaired) electrons. The summed E-state index contributed by atoms with van der Waals surface area (Å²) in [5.74, 6) is -1.51. The average Bonchev–Trinajstić information content (AvgIpc) is 3.43. The fourth-order valence-corrected chi connectivity index (χ4v) is 5.37. The van der Waals surface area contributed by atoms with Crippen LogP contribution < -0.4 is 11.1 Å². The van der Waals surface area contributed by atoms with Gasteiger partial charge in [0.2, 0.25) is 5.91 Å². The maximum Gasteiger partial charge on any atom is 0.315 e. The molecule has 8 heteroatoms. The molecule has 2 saturated carbocycles. The van der Waals surface area contributed by atoms with E-state index in [2.05, 4.69) is 5.32 Å². The molecule has 1 unspecified atom stereocenters. The first-order chi connectivity index (χ1) is 13.2. The molecule has 28 heavy (non-hydrogen) atoms. The van der Waals surface area contributed by atoms with Crippen molar-refractivity contribution >= 4 is 23.5 Å². The Hall–Kier alpha value is -1.89. The molecule has 3 N–H and O–H groups in total. The number of benzene rings is 1. The van der Waals surface area contributed by atoms with Gasteiger partial charge in [-0.3, -0.25) is 4.79 Å². The highest BCUT2D eigenvalue weighted by atomic mass is 35.5. The summed E-state index contributed by atoms with van der Waals surface area (Å²) in [6.45, 7) is 2.15. The van der Waals surface area contributed by atoms with Crippen molar-refractivity contribution in [3.63, 3.8) is 0 Å². The van der Waals surface area contributed by atoms with Gasteiger partial charge in [0.1, 0.15) is 22.2 Å². The molecule has 0 bridgehead atoms. The highest BCUT2D eigenvalue weighted by Crippen LogP contribution is 2.57. The highest BCUT2D eigenvalue weighted by molar-refractivity contribution is 6.31. The lowest BCUT2D eigenvalue weighted by molar-refractivity contribution is -0.137. The van der Waals surface area contributed by atoms with Crippen LogP contribution in [0.4, 0.5) is 13.6 Å². The van der Waals surface area contributed by atoms with E-state index in [1.807, 2.05) is 0 Å². The Morgan fingerprint density at radius 3 is 2.61 bits per heavy atom. The zero-order valence-electron chi connectivity index (χ0n) is 15.7. The fraction of sp³-hybridized carbons (Fsp3) is 0.600. The monoisotopic (exact) mass is 411 g/mol. The molecule has 0 aromatic heterocycles. The van der Waals surface area contributed by atoms with E-state index in [0.717, 1.165) is 18.9 Å². The van der Waals surface area contributed by atoms with Crippen molar-refractivity contribution in [3.8, 4) is 0 Å². The maximum atomic E-state index is 15.0. The first-order valence-electron chi connectivity index (χ1n) is 9.74. The van der Waals surface area contributed by atoms with Gasteiger partial charge < -0.3 is 16.0 Å². The molecular weight excluding hydrogens is 388 g/mol. The number of piperazine rings is 1. The fourth-order valence-electron chi connectivity index (χ4n) is 5.19. The van der Waals surface area contributed by atoms with Crippen molar-refractivity contribution in [2.75, 3.05) is 13.1 Å². The number of rotatable bonds is 4. The Kier molecular flexibility index (Phi) is 4.76. The van der Waals surface area contributed by atoms with Crippen molar-refractivity contribution in [2.45, 2.75) is 44.1 Å². The van der Waals surface area contributed by atoms with E-state index in [9.17, 15) is 14.0 Å². The molecule has 152 valence electrons. The van der Waals surface area contributed by atoms with E-state index >= 15 is 4.39 Å². The molecule has 4 rings (SSSR count). The second-order valence-electron chi connectivity index (χ2n) is 8.46. The van der Waals surface area contributed by atoms with Gasteiger partial charge in [0.15, 0.2) is 0 Å². The molecule has 2 atom stereocenters. The SMILES string of the molecule is CC1([C@@H](c2ccc(F)c(Cl)c2F)C2CC(C3CC3)C2)C(=O)NCCN1C(N)=O. The third-order valence-electron chi connectivity index (χ3n) is 6.88. The van der Waals surface area contributed by atoms with Crippen molar-refractivity contribution in [1.82, 2.24) is 10.2 Å². The van der Waals surface area contributed by atoms with Crippen LogP contribution in [0.25, 0.3) is 0 Å². The van der Waals surface area contributed by atoms with Crippen molar-refractivity contribution in [2.24, 2.45) is 23.5 Å². The lowest BCUT2D eigenvalue weighted by atomic mass is 9.59. The van der Waals surface area contributed by atoms with Gasteiger partial charge in [-0.05, 0) is 62.0 Å². The summed E-state index contributed by atoms with van der Waals surface area (Å²) in [5, 5.41) is 2.19. The Bertz CT molecular complexity index is 826. The lowest BCUT2D eigenvalue weighted by Crippen LogP contribution is -2.69. The number of amides is 3.